The van der Waals surface area contributed by atoms with Crippen molar-refractivity contribution < 1.29 is 14.8 Å². The van der Waals surface area contributed by atoms with Crippen molar-refractivity contribution in [1.82, 2.24) is 4.98 Å². The van der Waals surface area contributed by atoms with Crippen LogP contribution in [0.4, 0.5) is 5.69 Å². The summed E-state index contributed by atoms with van der Waals surface area (Å²) in [4.78, 5) is 6.29. The number of methoxy groups -OCH3 is 1. The number of ether oxygens (including phenoxy) is 1. The molecule has 0 saturated heterocycles. The predicted octanol–water partition coefficient (Wildman–Crippen LogP) is -1.24. The molecule has 1 aromatic heterocycles. The van der Waals surface area contributed by atoms with E-state index in [0.717, 1.165) is 24.3 Å². The summed E-state index contributed by atoms with van der Waals surface area (Å²) in [6.45, 7) is 0.899. The topological polar surface area (TPSA) is 65.8 Å². The number of hydrogen-bond acceptors (Lipinski definition) is 5. The molecule has 6 heteroatoms. The monoisotopic (exact) mass is 208 g/mol. The first-order valence-electron chi connectivity index (χ1n) is 4.78. The molecule has 5 nitrogen and oxygen atoms in total. The van der Waals surface area contributed by atoms with Crippen molar-refractivity contribution in [2.75, 3.05) is 25.6 Å². The summed E-state index contributed by atoms with van der Waals surface area (Å²) in [6.07, 6.45) is 0.865. The van der Waals surface area contributed by atoms with E-state index in [4.69, 9.17) is 4.74 Å². The minimum absolute atomic E-state index is 0.291. The van der Waals surface area contributed by atoms with Gasteiger partial charge in [-0.05, 0) is 6.07 Å². The van der Waals surface area contributed by atoms with E-state index >= 15 is 0 Å². The molecule has 0 saturated carbocycles. The Labute approximate surface area is 88.5 Å². The van der Waals surface area contributed by atoms with Crippen LogP contribution >= 0.6 is 0 Å². The molecule has 1 aliphatic heterocycles. The maximum Gasteiger partial charge on any atom is 0.494 e. The third kappa shape index (κ3) is 1.66. The van der Waals surface area contributed by atoms with E-state index < -0.39 is 7.12 Å². The summed E-state index contributed by atoms with van der Waals surface area (Å²) < 4.78 is 5.02. The zero-order chi connectivity index (χ0) is 11.0. The zero-order valence-corrected chi connectivity index (χ0v) is 8.77. The van der Waals surface area contributed by atoms with Crippen molar-refractivity contribution in [3.05, 3.63) is 11.8 Å². The van der Waals surface area contributed by atoms with E-state index in [1.807, 2.05) is 11.9 Å². The molecule has 2 N–H and O–H groups in total. The molecule has 0 unspecified atom stereocenters. The second-order valence-corrected chi connectivity index (χ2v) is 3.60. The van der Waals surface area contributed by atoms with Gasteiger partial charge >= 0.3 is 7.12 Å². The summed E-state index contributed by atoms with van der Waals surface area (Å²) in [7, 11) is 1.87. The van der Waals surface area contributed by atoms with Gasteiger partial charge in [-0.25, -0.2) is 4.98 Å². The summed E-state index contributed by atoms with van der Waals surface area (Å²) in [5.74, 6) is 0.291. The Bertz CT molecular complexity index is 384. The number of nitrogens with zero attached hydrogens (tertiary/aromatic N) is 2. The normalized spacial score (nSPS) is 14.0. The van der Waals surface area contributed by atoms with Crippen LogP contribution < -0.4 is 15.1 Å². The number of likely N-dealkylation sites (N-methyl/N-ethyl adjacent to an activating group) is 1. The SMILES string of the molecule is COc1nc2c(cc1B(O)O)N(C)CC2. The summed E-state index contributed by atoms with van der Waals surface area (Å²) in [5.41, 5.74) is 2.20. The predicted molar refractivity (Wildman–Crippen MR) is 57.6 cm³/mol. The zero-order valence-electron chi connectivity index (χ0n) is 8.77. The van der Waals surface area contributed by atoms with Gasteiger partial charge in [-0.1, -0.05) is 0 Å². The van der Waals surface area contributed by atoms with Gasteiger partial charge in [-0.2, -0.15) is 0 Å². The molecule has 1 aromatic rings. The van der Waals surface area contributed by atoms with Crippen LogP contribution in [-0.2, 0) is 6.42 Å². The fourth-order valence-corrected chi connectivity index (χ4v) is 1.79. The molecule has 0 aromatic carbocycles. The fraction of sp³-hybridized carbons (Fsp3) is 0.444. The third-order valence-corrected chi connectivity index (χ3v) is 2.64. The van der Waals surface area contributed by atoms with E-state index in [1.54, 1.807) is 6.07 Å². The Morgan fingerprint density at radius 1 is 1.53 bits per heavy atom. The van der Waals surface area contributed by atoms with E-state index in [2.05, 4.69) is 4.98 Å². The lowest BCUT2D eigenvalue weighted by Crippen LogP contribution is -2.32. The molecule has 0 atom stereocenters. The highest BCUT2D eigenvalue weighted by Gasteiger charge is 2.25. The van der Waals surface area contributed by atoms with Crippen molar-refractivity contribution >= 4 is 18.3 Å². The summed E-state index contributed by atoms with van der Waals surface area (Å²) >= 11 is 0. The van der Waals surface area contributed by atoms with Crippen LogP contribution in [0.1, 0.15) is 5.69 Å². The number of rotatable bonds is 2. The van der Waals surface area contributed by atoms with Crippen molar-refractivity contribution in [3.63, 3.8) is 0 Å². The van der Waals surface area contributed by atoms with E-state index in [9.17, 15) is 10.0 Å². The molecular weight excluding hydrogens is 195 g/mol. The minimum atomic E-state index is -1.55. The standard InChI is InChI=1S/C9H13BN2O3/c1-12-4-3-7-8(12)5-6(10(13)14)9(11-7)15-2/h5,13-14H,3-4H2,1-2H3. The van der Waals surface area contributed by atoms with Gasteiger partial charge in [-0.15, -0.1) is 0 Å². The van der Waals surface area contributed by atoms with Gasteiger partial charge in [0.25, 0.3) is 0 Å². The van der Waals surface area contributed by atoms with Crippen LogP contribution in [-0.4, -0.2) is 42.9 Å². The van der Waals surface area contributed by atoms with Crippen LogP contribution in [0.3, 0.4) is 0 Å². The molecule has 2 rings (SSSR count). The molecule has 0 aliphatic carbocycles. The molecule has 80 valence electrons. The van der Waals surface area contributed by atoms with Crippen LogP contribution in [0, 0.1) is 0 Å². The molecule has 1 aliphatic rings. The van der Waals surface area contributed by atoms with Gasteiger partial charge < -0.3 is 19.7 Å². The fourth-order valence-electron chi connectivity index (χ4n) is 1.79. The Morgan fingerprint density at radius 2 is 2.27 bits per heavy atom. The highest BCUT2D eigenvalue weighted by Crippen LogP contribution is 2.25. The van der Waals surface area contributed by atoms with Gasteiger partial charge in [0, 0.05) is 25.5 Å². The second kappa shape index (κ2) is 3.71. The first kappa shape index (κ1) is 10.3. The molecule has 0 bridgehead atoms. The molecule has 15 heavy (non-hydrogen) atoms. The first-order valence-corrected chi connectivity index (χ1v) is 4.78. The van der Waals surface area contributed by atoms with Crippen LogP contribution in [0.5, 0.6) is 5.88 Å². The second-order valence-electron chi connectivity index (χ2n) is 3.60. The first-order chi connectivity index (χ1) is 7.13. The Kier molecular flexibility index (Phi) is 2.54. The Morgan fingerprint density at radius 3 is 2.87 bits per heavy atom. The van der Waals surface area contributed by atoms with Crippen LogP contribution in [0.15, 0.2) is 6.07 Å². The highest BCUT2D eigenvalue weighted by atomic mass is 16.5. The quantitative estimate of drug-likeness (QED) is 0.595. The number of fused-ring (bicyclic) bond motifs is 1. The van der Waals surface area contributed by atoms with Gasteiger partial charge in [-0.3, -0.25) is 0 Å². The number of hydrogen-bond donors (Lipinski definition) is 2. The van der Waals surface area contributed by atoms with Crippen molar-refractivity contribution in [2.45, 2.75) is 6.42 Å². The van der Waals surface area contributed by atoms with Gasteiger partial charge in [0.15, 0.2) is 0 Å². The van der Waals surface area contributed by atoms with E-state index in [1.165, 1.54) is 7.11 Å². The average molecular weight is 208 g/mol. The molecular formula is C9H13BN2O3. The maximum absolute atomic E-state index is 9.17. The lowest BCUT2D eigenvalue weighted by atomic mass is 9.80. The molecule has 2 heterocycles. The maximum atomic E-state index is 9.17. The van der Waals surface area contributed by atoms with Gasteiger partial charge in [0.05, 0.1) is 18.5 Å². The largest absolute Gasteiger partial charge is 0.494 e. The number of pyridine rings is 1. The van der Waals surface area contributed by atoms with E-state index in [0.29, 0.717) is 11.3 Å². The van der Waals surface area contributed by atoms with Crippen LogP contribution in [0.25, 0.3) is 0 Å². The van der Waals surface area contributed by atoms with Crippen molar-refractivity contribution in [2.24, 2.45) is 0 Å². The Balaban J connectivity index is 2.51. The van der Waals surface area contributed by atoms with Crippen LogP contribution in [0.2, 0.25) is 0 Å². The molecule has 0 spiro atoms. The average Bonchev–Trinajstić information content (AvgIpc) is 2.58. The summed E-state index contributed by atoms with van der Waals surface area (Å²) in [5, 5.41) is 18.3. The summed E-state index contributed by atoms with van der Waals surface area (Å²) in [6, 6.07) is 1.72. The minimum Gasteiger partial charge on any atom is -0.481 e. The molecule has 0 amide bonds. The van der Waals surface area contributed by atoms with E-state index in [-0.39, 0.29) is 0 Å². The molecule has 0 fully saturated rings. The lowest BCUT2D eigenvalue weighted by molar-refractivity contribution is 0.390. The van der Waals surface area contributed by atoms with Crippen molar-refractivity contribution in [1.29, 1.82) is 0 Å². The Hall–Kier alpha value is -1.27. The molecule has 0 radical (unpaired) electrons. The van der Waals surface area contributed by atoms with Gasteiger partial charge in [0.1, 0.15) is 0 Å². The van der Waals surface area contributed by atoms with Gasteiger partial charge in [0.2, 0.25) is 5.88 Å². The lowest BCUT2D eigenvalue weighted by Gasteiger charge is -2.14. The number of anilines is 1. The smallest absolute Gasteiger partial charge is 0.481 e. The third-order valence-electron chi connectivity index (χ3n) is 2.64. The van der Waals surface area contributed by atoms with Crippen molar-refractivity contribution in [3.8, 4) is 5.88 Å². The number of aromatic nitrogens is 1. The highest BCUT2D eigenvalue weighted by molar-refractivity contribution is 6.59.